The van der Waals surface area contributed by atoms with Crippen LogP contribution in [-0.2, 0) is 15.1 Å². The summed E-state index contributed by atoms with van der Waals surface area (Å²) >= 11 is 3.14. The lowest BCUT2D eigenvalue weighted by Crippen LogP contribution is -2.51. The number of methoxy groups -OCH3 is 1. The van der Waals surface area contributed by atoms with Gasteiger partial charge in [-0.05, 0) is 53.9 Å². The summed E-state index contributed by atoms with van der Waals surface area (Å²) in [5, 5.41) is 3.24. The van der Waals surface area contributed by atoms with Crippen molar-refractivity contribution in [1.82, 2.24) is 5.32 Å². The van der Waals surface area contributed by atoms with Crippen LogP contribution < -0.4 is 5.32 Å². The highest BCUT2D eigenvalue weighted by molar-refractivity contribution is 9.10. The third kappa shape index (κ3) is 3.54. The van der Waals surface area contributed by atoms with E-state index in [0.717, 1.165) is 6.42 Å². The van der Waals surface area contributed by atoms with Crippen LogP contribution in [0.1, 0.15) is 32.8 Å². The number of benzene rings is 1. The number of hydrogen-bond acceptors (Lipinski definition) is 3. The van der Waals surface area contributed by atoms with Crippen LogP contribution in [0.4, 0.5) is 4.39 Å². The second-order valence-electron chi connectivity index (χ2n) is 4.70. The first-order chi connectivity index (χ1) is 8.85. The number of halogens is 2. The Labute approximate surface area is 121 Å². The average molecular weight is 332 g/mol. The van der Waals surface area contributed by atoms with Gasteiger partial charge in [0.2, 0.25) is 0 Å². The van der Waals surface area contributed by atoms with E-state index in [9.17, 15) is 9.18 Å². The zero-order valence-corrected chi connectivity index (χ0v) is 13.2. The molecule has 1 aromatic rings. The largest absolute Gasteiger partial charge is 0.467 e. The van der Waals surface area contributed by atoms with Crippen LogP contribution in [0.25, 0.3) is 0 Å². The maximum Gasteiger partial charge on any atom is 0.330 e. The zero-order chi connectivity index (χ0) is 14.6. The van der Waals surface area contributed by atoms with Crippen LogP contribution in [-0.4, -0.2) is 19.1 Å². The number of carbonyl (C=O) groups is 1. The molecule has 3 nitrogen and oxygen atoms in total. The van der Waals surface area contributed by atoms with Crippen molar-refractivity contribution in [2.24, 2.45) is 0 Å². The third-order valence-corrected chi connectivity index (χ3v) is 3.85. The summed E-state index contributed by atoms with van der Waals surface area (Å²) in [7, 11) is 1.34. The van der Waals surface area contributed by atoms with Gasteiger partial charge in [0, 0.05) is 6.04 Å². The Morgan fingerprint density at radius 3 is 2.68 bits per heavy atom. The van der Waals surface area contributed by atoms with Gasteiger partial charge in [-0.25, -0.2) is 9.18 Å². The molecule has 2 atom stereocenters. The molecule has 0 bridgehead atoms. The van der Waals surface area contributed by atoms with Crippen molar-refractivity contribution in [2.75, 3.05) is 7.11 Å². The maximum atomic E-state index is 13.3. The van der Waals surface area contributed by atoms with Crippen LogP contribution >= 0.6 is 15.9 Å². The molecule has 0 aliphatic rings. The maximum absolute atomic E-state index is 13.3. The molecule has 1 aromatic carbocycles. The minimum Gasteiger partial charge on any atom is -0.467 e. The smallest absolute Gasteiger partial charge is 0.330 e. The predicted octanol–water partition coefficient (Wildman–Crippen LogP) is 3.36. The molecule has 0 heterocycles. The van der Waals surface area contributed by atoms with Crippen LogP contribution in [0, 0.1) is 5.82 Å². The molecule has 5 heteroatoms. The van der Waals surface area contributed by atoms with Crippen molar-refractivity contribution in [3.8, 4) is 0 Å². The zero-order valence-electron chi connectivity index (χ0n) is 11.6. The lowest BCUT2D eigenvalue weighted by molar-refractivity contribution is -0.148. The summed E-state index contributed by atoms with van der Waals surface area (Å²) in [6.45, 7) is 5.75. The third-order valence-electron chi connectivity index (χ3n) is 3.24. The molecule has 0 aromatic heterocycles. The fraction of sp³-hybridized carbons (Fsp3) is 0.500. The molecule has 0 saturated heterocycles. The molecule has 1 rings (SSSR count). The van der Waals surface area contributed by atoms with Gasteiger partial charge in [0.1, 0.15) is 11.4 Å². The van der Waals surface area contributed by atoms with Crippen LogP contribution in [0.3, 0.4) is 0 Å². The normalized spacial score (nSPS) is 15.7. The number of nitrogens with one attached hydrogen (secondary N) is 1. The van der Waals surface area contributed by atoms with E-state index in [2.05, 4.69) is 21.2 Å². The Hall–Kier alpha value is -0.940. The Morgan fingerprint density at radius 2 is 2.21 bits per heavy atom. The van der Waals surface area contributed by atoms with E-state index in [-0.39, 0.29) is 11.9 Å². The molecule has 0 radical (unpaired) electrons. The van der Waals surface area contributed by atoms with Gasteiger partial charge in [-0.15, -0.1) is 0 Å². The minimum atomic E-state index is -1.000. The van der Waals surface area contributed by atoms with E-state index in [0.29, 0.717) is 10.0 Å². The van der Waals surface area contributed by atoms with Gasteiger partial charge in [0.25, 0.3) is 0 Å². The summed E-state index contributed by atoms with van der Waals surface area (Å²) in [4.78, 5) is 12.1. The Kier molecular flexibility index (Phi) is 5.50. The van der Waals surface area contributed by atoms with Crippen molar-refractivity contribution >= 4 is 21.9 Å². The summed E-state index contributed by atoms with van der Waals surface area (Å²) in [6.07, 6.45) is 0.870. The van der Waals surface area contributed by atoms with Crippen LogP contribution in [0.5, 0.6) is 0 Å². The molecular formula is C14H19BrFNO2. The van der Waals surface area contributed by atoms with E-state index in [4.69, 9.17) is 4.74 Å². The van der Waals surface area contributed by atoms with Crippen molar-refractivity contribution < 1.29 is 13.9 Å². The number of hydrogen-bond donors (Lipinski definition) is 1. The van der Waals surface area contributed by atoms with Gasteiger partial charge in [0.05, 0.1) is 11.6 Å². The molecule has 0 aliphatic carbocycles. The van der Waals surface area contributed by atoms with Gasteiger partial charge < -0.3 is 4.74 Å². The van der Waals surface area contributed by atoms with Crippen molar-refractivity contribution in [2.45, 2.75) is 38.8 Å². The highest BCUT2D eigenvalue weighted by atomic mass is 79.9. The Bertz CT molecular complexity index is 467. The van der Waals surface area contributed by atoms with Crippen LogP contribution in [0.2, 0.25) is 0 Å². The molecule has 1 N–H and O–H groups in total. The molecule has 0 fully saturated rings. The molecule has 2 unspecified atom stereocenters. The molecule has 19 heavy (non-hydrogen) atoms. The van der Waals surface area contributed by atoms with E-state index in [1.54, 1.807) is 19.1 Å². The van der Waals surface area contributed by atoms with E-state index < -0.39 is 11.5 Å². The standard InChI is InChI=1S/C14H19BrFNO2/c1-5-9(2)17-14(3,13(18)19-4)10-6-7-12(16)11(15)8-10/h6-9,17H,5H2,1-4H3. The average Bonchev–Trinajstić information content (AvgIpc) is 2.40. The number of ether oxygens (including phenoxy) is 1. The first kappa shape index (κ1) is 16.1. The summed E-state index contributed by atoms with van der Waals surface area (Å²) < 4.78 is 18.5. The number of carbonyl (C=O) groups excluding carboxylic acids is 1. The van der Waals surface area contributed by atoms with Gasteiger partial charge in [-0.2, -0.15) is 0 Å². The quantitative estimate of drug-likeness (QED) is 0.841. The molecule has 0 amide bonds. The van der Waals surface area contributed by atoms with Gasteiger partial charge in [-0.3, -0.25) is 5.32 Å². The van der Waals surface area contributed by atoms with Crippen molar-refractivity contribution in [3.05, 3.63) is 34.1 Å². The molecule has 0 aliphatic heterocycles. The molecule has 0 spiro atoms. The summed E-state index contributed by atoms with van der Waals surface area (Å²) in [5.41, 5.74) is -0.339. The topological polar surface area (TPSA) is 38.3 Å². The van der Waals surface area contributed by atoms with Gasteiger partial charge in [0.15, 0.2) is 0 Å². The lowest BCUT2D eigenvalue weighted by atomic mass is 9.90. The van der Waals surface area contributed by atoms with E-state index >= 15 is 0 Å². The highest BCUT2D eigenvalue weighted by Gasteiger charge is 2.37. The highest BCUT2D eigenvalue weighted by Crippen LogP contribution is 2.27. The van der Waals surface area contributed by atoms with E-state index in [1.807, 2.05) is 13.8 Å². The number of rotatable bonds is 5. The fourth-order valence-electron chi connectivity index (χ4n) is 1.87. The Morgan fingerprint density at radius 1 is 1.58 bits per heavy atom. The molecule has 106 valence electrons. The first-order valence-electron chi connectivity index (χ1n) is 6.16. The summed E-state index contributed by atoms with van der Waals surface area (Å²) in [6, 6.07) is 4.65. The van der Waals surface area contributed by atoms with Crippen molar-refractivity contribution in [1.29, 1.82) is 0 Å². The Balaban J connectivity index is 3.22. The number of esters is 1. The monoisotopic (exact) mass is 331 g/mol. The van der Waals surface area contributed by atoms with Crippen LogP contribution in [0.15, 0.2) is 22.7 Å². The van der Waals surface area contributed by atoms with Gasteiger partial charge in [-0.1, -0.05) is 13.0 Å². The summed E-state index contributed by atoms with van der Waals surface area (Å²) in [5.74, 6) is -0.759. The predicted molar refractivity (Wildman–Crippen MR) is 76.4 cm³/mol. The molecular weight excluding hydrogens is 313 g/mol. The molecule has 0 saturated carbocycles. The van der Waals surface area contributed by atoms with Gasteiger partial charge >= 0.3 is 5.97 Å². The fourth-order valence-corrected chi connectivity index (χ4v) is 2.25. The first-order valence-corrected chi connectivity index (χ1v) is 6.96. The second kappa shape index (κ2) is 6.48. The second-order valence-corrected chi connectivity index (χ2v) is 5.55. The SMILES string of the molecule is CCC(C)NC(C)(C(=O)OC)c1ccc(F)c(Br)c1. The minimum absolute atomic E-state index is 0.132. The lowest BCUT2D eigenvalue weighted by Gasteiger charge is -2.31. The van der Waals surface area contributed by atoms with Crippen molar-refractivity contribution in [3.63, 3.8) is 0 Å². The van der Waals surface area contributed by atoms with E-state index in [1.165, 1.54) is 13.2 Å².